The molecular weight excluding hydrogens is 224 g/mol. The van der Waals surface area contributed by atoms with Crippen LogP contribution >= 0.6 is 0 Å². The van der Waals surface area contributed by atoms with E-state index in [0.717, 1.165) is 32.5 Å². The summed E-state index contributed by atoms with van der Waals surface area (Å²) in [6.45, 7) is 9.92. The summed E-state index contributed by atoms with van der Waals surface area (Å²) in [4.78, 5) is 0. The zero-order chi connectivity index (χ0) is 12.8. The van der Waals surface area contributed by atoms with Crippen LogP contribution in [0.3, 0.4) is 0 Å². The van der Waals surface area contributed by atoms with E-state index in [9.17, 15) is 0 Å². The molecule has 100 valence electrons. The van der Waals surface area contributed by atoms with Gasteiger partial charge in [-0.1, -0.05) is 32.1 Å². The van der Waals surface area contributed by atoms with Crippen molar-refractivity contribution in [2.75, 3.05) is 13.2 Å². The molecule has 0 aromatic rings. The molecule has 1 saturated carbocycles. The Labute approximate surface area is 110 Å². The van der Waals surface area contributed by atoms with Crippen molar-refractivity contribution < 1.29 is 9.47 Å². The minimum atomic E-state index is -0.283. The SMILES string of the molecule is C=CC[C@H]1C=C[C@@H]2CC3(C[C@H]12)OCC(C)(C)CO3. The molecule has 0 N–H and O–H groups in total. The Balaban J connectivity index is 1.69. The van der Waals surface area contributed by atoms with Crippen LogP contribution in [-0.2, 0) is 9.47 Å². The van der Waals surface area contributed by atoms with Crippen molar-refractivity contribution in [2.45, 2.75) is 38.9 Å². The summed E-state index contributed by atoms with van der Waals surface area (Å²) in [6, 6.07) is 0. The van der Waals surface area contributed by atoms with E-state index in [0.29, 0.717) is 17.8 Å². The van der Waals surface area contributed by atoms with Crippen LogP contribution < -0.4 is 0 Å². The van der Waals surface area contributed by atoms with E-state index in [1.807, 2.05) is 6.08 Å². The average molecular weight is 248 g/mol. The number of hydrogen-bond donors (Lipinski definition) is 0. The Bertz CT molecular complexity index is 359. The average Bonchev–Trinajstić information content (AvgIpc) is 2.84. The monoisotopic (exact) mass is 248 g/mol. The normalized spacial score (nSPS) is 40.0. The zero-order valence-corrected chi connectivity index (χ0v) is 11.5. The molecule has 3 atom stereocenters. The van der Waals surface area contributed by atoms with Gasteiger partial charge in [-0.15, -0.1) is 6.58 Å². The summed E-state index contributed by atoms with van der Waals surface area (Å²) in [5.74, 6) is 1.71. The van der Waals surface area contributed by atoms with Crippen molar-refractivity contribution in [3.8, 4) is 0 Å². The Morgan fingerprint density at radius 2 is 1.94 bits per heavy atom. The lowest BCUT2D eigenvalue weighted by atomic mass is 9.88. The van der Waals surface area contributed by atoms with Crippen LogP contribution in [0.2, 0.25) is 0 Å². The van der Waals surface area contributed by atoms with E-state index in [-0.39, 0.29) is 11.2 Å². The molecular formula is C16H24O2. The van der Waals surface area contributed by atoms with Crippen LogP contribution in [-0.4, -0.2) is 19.0 Å². The highest BCUT2D eigenvalue weighted by atomic mass is 16.7. The maximum Gasteiger partial charge on any atom is 0.169 e. The highest BCUT2D eigenvalue weighted by Crippen LogP contribution is 2.52. The number of hydrogen-bond acceptors (Lipinski definition) is 2. The summed E-state index contributed by atoms with van der Waals surface area (Å²) < 4.78 is 12.2. The Morgan fingerprint density at radius 3 is 2.61 bits per heavy atom. The quantitative estimate of drug-likeness (QED) is 0.696. The smallest absolute Gasteiger partial charge is 0.169 e. The van der Waals surface area contributed by atoms with Crippen molar-refractivity contribution >= 4 is 0 Å². The molecule has 2 heteroatoms. The molecule has 3 aliphatic rings. The second-order valence-corrected chi connectivity index (χ2v) is 6.96. The van der Waals surface area contributed by atoms with Gasteiger partial charge in [-0.05, 0) is 24.2 Å². The number of allylic oxidation sites excluding steroid dienone is 3. The fourth-order valence-corrected chi connectivity index (χ4v) is 3.63. The molecule has 0 bridgehead atoms. The lowest BCUT2D eigenvalue weighted by Crippen LogP contribution is -2.46. The van der Waals surface area contributed by atoms with Gasteiger partial charge in [-0.3, -0.25) is 0 Å². The Kier molecular flexibility index (Phi) is 2.91. The van der Waals surface area contributed by atoms with Gasteiger partial charge in [-0.25, -0.2) is 0 Å². The van der Waals surface area contributed by atoms with Gasteiger partial charge in [0.15, 0.2) is 5.79 Å². The van der Waals surface area contributed by atoms with Gasteiger partial charge in [0, 0.05) is 18.3 Å². The van der Waals surface area contributed by atoms with E-state index in [4.69, 9.17) is 9.47 Å². The molecule has 0 radical (unpaired) electrons. The van der Waals surface area contributed by atoms with Crippen LogP contribution in [0.25, 0.3) is 0 Å². The summed E-state index contributed by atoms with van der Waals surface area (Å²) >= 11 is 0. The van der Waals surface area contributed by atoms with E-state index in [1.165, 1.54) is 0 Å². The van der Waals surface area contributed by atoms with Crippen LogP contribution in [0.1, 0.15) is 33.1 Å². The first kappa shape index (κ1) is 12.4. The first-order chi connectivity index (χ1) is 8.54. The number of rotatable bonds is 2. The molecule has 1 saturated heterocycles. The third-order valence-electron chi connectivity index (χ3n) is 4.69. The van der Waals surface area contributed by atoms with Crippen LogP contribution in [0.4, 0.5) is 0 Å². The lowest BCUT2D eigenvalue weighted by Gasteiger charge is -2.42. The van der Waals surface area contributed by atoms with Gasteiger partial charge < -0.3 is 9.47 Å². The molecule has 2 fully saturated rings. The molecule has 0 aromatic heterocycles. The molecule has 18 heavy (non-hydrogen) atoms. The molecule has 1 spiro atoms. The van der Waals surface area contributed by atoms with E-state index in [2.05, 4.69) is 32.6 Å². The molecule has 0 aromatic carbocycles. The van der Waals surface area contributed by atoms with Crippen LogP contribution in [0.15, 0.2) is 24.8 Å². The standard InChI is InChI=1S/C16H24O2/c1-4-5-12-6-7-13-8-16(9-14(12)13)17-10-15(2,3)11-18-16/h4,6-7,12-14H,1,5,8-11H2,2-3H3/t12-,13+,14+/m0/s1. The van der Waals surface area contributed by atoms with Crippen LogP contribution in [0.5, 0.6) is 0 Å². The predicted molar refractivity (Wildman–Crippen MR) is 72.1 cm³/mol. The molecule has 3 rings (SSSR count). The zero-order valence-electron chi connectivity index (χ0n) is 11.5. The number of ether oxygens (including phenoxy) is 2. The third kappa shape index (κ3) is 2.06. The Morgan fingerprint density at radius 1 is 1.22 bits per heavy atom. The van der Waals surface area contributed by atoms with Gasteiger partial charge in [0.05, 0.1) is 13.2 Å². The maximum atomic E-state index is 6.12. The van der Waals surface area contributed by atoms with Crippen molar-refractivity contribution in [3.05, 3.63) is 24.8 Å². The highest BCUT2D eigenvalue weighted by Gasteiger charge is 2.52. The van der Waals surface area contributed by atoms with Crippen molar-refractivity contribution in [2.24, 2.45) is 23.2 Å². The van der Waals surface area contributed by atoms with Gasteiger partial charge >= 0.3 is 0 Å². The third-order valence-corrected chi connectivity index (χ3v) is 4.69. The fraction of sp³-hybridized carbons (Fsp3) is 0.750. The van der Waals surface area contributed by atoms with Crippen molar-refractivity contribution in [1.82, 2.24) is 0 Å². The first-order valence-electron chi connectivity index (χ1n) is 7.11. The summed E-state index contributed by atoms with van der Waals surface area (Å²) in [7, 11) is 0. The largest absolute Gasteiger partial charge is 0.349 e. The Hall–Kier alpha value is -0.600. The second-order valence-electron chi connectivity index (χ2n) is 6.96. The van der Waals surface area contributed by atoms with E-state index < -0.39 is 0 Å². The van der Waals surface area contributed by atoms with E-state index >= 15 is 0 Å². The minimum absolute atomic E-state index is 0.166. The van der Waals surface area contributed by atoms with Gasteiger partial charge in [-0.2, -0.15) is 0 Å². The molecule has 0 unspecified atom stereocenters. The van der Waals surface area contributed by atoms with Crippen molar-refractivity contribution in [3.63, 3.8) is 0 Å². The lowest BCUT2D eigenvalue weighted by molar-refractivity contribution is -0.297. The molecule has 0 amide bonds. The first-order valence-corrected chi connectivity index (χ1v) is 7.11. The fourth-order valence-electron chi connectivity index (χ4n) is 3.63. The van der Waals surface area contributed by atoms with Gasteiger partial charge in [0.25, 0.3) is 0 Å². The molecule has 1 aliphatic heterocycles. The second kappa shape index (κ2) is 4.21. The van der Waals surface area contributed by atoms with E-state index in [1.54, 1.807) is 0 Å². The summed E-state index contributed by atoms with van der Waals surface area (Å²) in [5, 5.41) is 0. The van der Waals surface area contributed by atoms with Crippen molar-refractivity contribution in [1.29, 1.82) is 0 Å². The number of fused-ring (bicyclic) bond motifs is 1. The van der Waals surface area contributed by atoms with Gasteiger partial charge in [0.2, 0.25) is 0 Å². The van der Waals surface area contributed by atoms with Gasteiger partial charge in [0.1, 0.15) is 0 Å². The topological polar surface area (TPSA) is 18.5 Å². The minimum Gasteiger partial charge on any atom is -0.349 e. The molecule has 2 aliphatic carbocycles. The summed E-state index contributed by atoms with van der Waals surface area (Å²) in [6.07, 6.45) is 9.96. The van der Waals surface area contributed by atoms with Crippen LogP contribution in [0, 0.1) is 23.2 Å². The molecule has 2 nitrogen and oxygen atoms in total. The maximum absolute atomic E-state index is 6.12. The predicted octanol–water partition coefficient (Wildman–Crippen LogP) is 3.54. The molecule has 1 heterocycles. The highest BCUT2D eigenvalue weighted by molar-refractivity contribution is 5.13. The summed E-state index contributed by atoms with van der Waals surface area (Å²) in [5.41, 5.74) is 0.166.